The van der Waals surface area contributed by atoms with Crippen LogP contribution in [0.15, 0.2) is 24.4 Å². The molecular weight excluding hydrogens is 296 g/mol. The van der Waals surface area contributed by atoms with Gasteiger partial charge in [0.05, 0.1) is 30.6 Å². The fourth-order valence-corrected chi connectivity index (χ4v) is 3.32. The molecule has 0 unspecified atom stereocenters. The van der Waals surface area contributed by atoms with E-state index in [1.54, 1.807) is 13.3 Å². The Kier molecular flexibility index (Phi) is 5.25. The van der Waals surface area contributed by atoms with Gasteiger partial charge in [-0.05, 0) is 25.0 Å². The Labute approximate surface area is 136 Å². The number of carbonyl (C=O) groups excluding carboxylic acids is 1. The molecule has 0 radical (unpaired) electrons. The lowest BCUT2D eigenvalue weighted by molar-refractivity contribution is -0.139. The van der Waals surface area contributed by atoms with Crippen LogP contribution in [0.2, 0.25) is 0 Å². The second-order valence-corrected chi connectivity index (χ2v) is 6.27. The number of methoxy groups -OCH3 is 1. The molecule has 6 nitrogen and oxygen atoms in total. The Morgan fingerprint density at radius 3 is 2.96 bits per heavy atom. The zero-order valence-electron chi connectivity index (χ0n) is 13.6. The second kappa shape index (κ2) is 7.38. The maximum absolute atomic E-state index is 11.9. The van der Waals surface area contributed by atoms with Crippen LogP contribution in [0.4, 0.5) is 0 Å². The number of nitrogens with zero attached hydrogens (tertiary/aromatic N) is 2. The number of piperidine rings is 1. The van der Waals surface area contributed by atoms with E-state index in [0.29, 0.717) is 13.2 Å². The molecule has 1 amide bonds. The molecule has 2 aliphatic heterocycles. The Hall–Kier alpha value is -1.50. The minimum Gasteiger partial charge on any atom is -0.375 e. The second-order valence-electron chi connectivity index (χ2n) is 6.27. The summed E-state index contributed by atoms with van der Waals surface area (Å²) in [6, 6.07) is 5.83. The van der Waals surface area contributed by atoms with Crippen molar-refractivity contribution < 1.29 is 19.0 Å². The van der Waals surface area contributed by atoms with Crippen LogP contribution in [0.25, 0.3) is 0 Å². The first-order valence-corrected chi connectivity index (χ1v) is 8.13. The van der Waals surface area contributed by atoms with Crippen LogP contribution in [0.3, 0.4) is 0 Å². The quantitative estimate of drug-likeness (QED) is 0.820. The van der Waals surface area contributed by atoms with Gasteiger partial charge in [0.25, 0.3) is 0 Å². The van der Waals surface area contributed by atoms with Crippen LogP contribution in [0, 0.1) is 0 Å². The summed E-state index contributed by atoms with van der Waals surface area (Å²) in [5.74, 6) is 0.0586. The molecule has 2 aliphatic rings. The van der Waals surface area contributed by atoms with Crippen LogP contribution >= 0.6 is 0 Å². The molecule has 0 aromatic carbocycles. The van der Waals surface area contributed by atoms with Crippen molar-refractivity contribution in [2.75, 3.05) is 33.4 Å². The molecule has 0 aliphatic carbocycles. The Bertz CT molecular complexity index is 515. The van der Waals surface area contributed by atoms with E-state index in [1.807, 2.05) is 23.1 Å². The summed E-state index contributed by atoms with van der Waals surface area (Å²) in [5, 5.41) is 0. The molecule has 0 bridgehead atoms. The lowest BCUT2D eigenvalue weighted by Crippen LogP contribution is -2.47. The summed E-state index contributed by atoms with van der Waals surface area (Å²) in [5.41, 5.74) is 0.812. The molecule has 2 saturated heterocycles. The van der Waals surface area contributed by atoms with Crippen molar-refractivity contribution in [2.24, 2.45) is 0 Å². The van der Waals surface area contributed by atoms with E-state index in [1.165, 1.54) is 0 Å². The van der Waals surface area contributed by atoms with Gasteiger partial charge in [-0.2, -0.15) is 0 Å². The third-order valence-electron chi connectivity index (χ3n) is 4.66. The van der Waals surface area contributed by atoms with E-state index in [9.17, 15) is 4.79 Å². The van der Waals surface area contributed by atoms with Crippen molar-refractivity contribution in [3.8, 4) is 0 Å². The van der Waals surface area contributed by atoms with Gasteiger partial charge >= 0.3 is 0 Å². The van der Waals surface area contributed by atoms with Crippen molar-refractivity contribution in [1.29, 1.82) is 0 Å². The fraction of sp³-hybridized carbons (Fsp3) is 0.647. The molecule has 126 valence electrons. The SMILES string of the molecule is COCC(=O)N1CCC2(CC1)C[C@@H](OCc1ccccn1)CO2. The number of pyridine rings is 1. The van der Waals surface area contributed by atoms with E-state index >= 15 is 0 Å². The number of ether oxygens (including phenoxy) is 3. The summed E-state index contributed by atoms with van der Waals surface area (Å²) in [7, 11) is 1.55. The summed E-state index contributed by atoms with van der Waals surface area (Å²) in [4.78, 5) is 18.0. The zero-order chi connectivity index (χ0) is 16.1. The molecule has 1 aromatic rings. The van der Waals surface area contributed by atoms with Crippen LogP contribution in [0.1, 0.15) is 25.0 Å². The first-order chi connectivity index (χ1) is 11.2. The first-order valence-electron chi connectivity index (χ1n) is 8.13. The third kappa shape index (κ3) is 4.07. The van der Waals surface area contributed by atoms with Gasteiger partial charge in [0.15, 0.2) is 0 Å². The standard InChI is InChI=1S/C17H24N2O4/c1-21-13-16(20)19-8-5-17(6-9-19)10-15(12-23-17)22-11-14-4-2-3-7-18-14/h2-4,7,15H,5-6,8-13H2,1H3/t15-/m1/s1. The predicted octanol–water partition coefficient (Wildman–Crippen LogP) is 1.39. The van der Waals surface area contributed by atoms with Gasteiger partial charge < -0.3 is 19.1 Å². The molecule has 2 fully saturated rings. The summed E-state index contributed by atoms with van der Waals surface area (Å²) in [6.07, 6.45) is 4.51. The highest BCUT2D eigenvalue weighted by Crippen LogP contribution is 2.37. The third-order valence-corrected chi connectivity index (χ3v) is 4.66. The molecule has 3 heterocycles. The van der Waals surface area contributed by atoms with Gasteiger partial charge in [-0.3, -0.25) is 9.78 Å². The van der Waals surface area contributed by atoms with Crippen LogP contribution in [-0.2, 0) is 25.6 Å². The Morgan fingerprint density at radius 2 is 2.26 bits per heavy atom. The van der Waals surface area contributed by atoms with Crippen LogP contribution in [0.5, 0.6) is 0 Å². The summed E-state index contributed by atoms with van der Waals surface area (Å²) in [6.45, 7) is 2.76. The number of likely N-dealkylation sites (tertiary alicyclic amines) is 1. The lowest BCUT2D eigenvalue weighted by Gasteiger charge is -2.38. The average Bonchev–Trinajstić information content (AvgIpc) is 2.98. The number of aromatic nitrogens is 1. The fourth-order valence-electron chi connectivity index (χ4n) is 3.32. The van der Waals surface area contributed by atoms with E-state index in [0.717, 1.165) is 38.0 Å². The van der Waals surface area contributed by atoms with Gasteiger partial charge in [0.1, 0.15) is 6.61 Å². The first kappa shape index (κ1) is 16.4. The van der Waals surface area contributed by atoms with Gasteiger partial charge in [0, 0.05) is 32.8 Å². The number of carbonyl (C=O) groups is 1. The van der Waals surface area contributed by atoms with E-state index < -0.39 is 0 Å². The van der Waals surface area contributed by atoms with Gasteiger partial charge in [-0.25, -0.2) is 0 Å². The summed E-state index contributed by atoms with van der Waals surface area (Å²) < 4.78 is 16.9. The smallest absolute Gasteiger partial charge is 0.248 e. The molecule has 1 aromatic heterocycles. The molecule has 23 heavy (non-hydrogen) atoms. The molecule has 3 rings (SSSR count). The molecule has 6 heteroatoms. The average molecular weight is 320 g/mol. The highest BCUT2D eigenvalue weighted by Gasteiger charge is 2.43. The van der Waals surface area contributed by atoms with Gasteiger partial charge in [0.2, 0.25) is 5.91 Å². The van der Waals surface area contributed by atoms with E-state index in [-0.39, 0.29) is 24.2 Å². The van der Waals surface area contributed by atoms with E-state index in [2.05, 4.69) is 4.98 Å². The zero-order valence-corrected chi connectivity index (χ0v) is 13.6. The van der Waals surface area contributed by atoms with Crippen molar-refractivity contribution in [2.45, 2.75) is 37.6 Å². The molecule has 1 atom stereocenters. The van der Waals surface area contributed by atoms with Crippen LogP contribution in [-0.4, -0.2) is 60.9 Å². The number of amides is 1. The number of rotatable bonds is 5. The molecular formula is C17H24N2O4. The topological polar surface area (TPSA) is 60.9 Å². The Balaban J connectivity index is 1.45. The molecule has 0 saturated carbocycles. The lowest BCUT2D eigenvalue weighted by atomic mass is 9.88. The minimum absolute atomic E-state index is 0.0586. The summed E-state index contributed by atoms with van der Waals surface area (Å²) >= 11 is 0. The maximum atomic E-state index is 11.9. The predicted molar refractivity (Wildman–Crippen MR) is 83.8 cm³/mol. The van der Waals surface area contributed by atoms with E-state index in [4.69, 9.17) is 14.2 Å². The molecule has 0 N–H and O–H groups in total. The van der Waals surface area contributed by atoms with Crippen molar-refractivity contribution in [3.05, 3.63) is 30.1 Å². The molecule has 1 spiro atoms. The normalized spacial score (nSPS) is 23.3. The number of hydrogen-bond donors (Lipinski definition) is 0. The van der Waals surface area contributed by atoms with Crippen molar-refractivity contribution in [3.63, 3.8) is 0 Å². The van der Waals surface area contributed by atoms with Gasteiger partial charge in [-0.1, -0.05) is 6.07 Å². The highest BCUT2D eigenvalue weighted by atomic mass is 16.6. The van der Waals surface area contributed by atoms with Crippen molar-refractivity contribution in [1.82, 2.24) is 9.88 Å². The maximum Gasteiger partial charge on any atom is 0.248 e. The Morgan fingerprint density at radius 1 is 1.43 bits per heavy atom. The van der Waals surface area contributed by atoms with Crippen LogP contribution < -0.4 is 0 Å². The number of hydrogen-bond acceptors (Lipinski definition) is 5. The monoisotopic (exact) mass is 320 g/mol. The van der Waals surface area contributed by atoms with Crippen molar-refractivity contribution >= 4 is 5.91 Å². The largest absolute Gasteiger partial charge is 0.375 e. The minimum atomic E-state index is -0.126. The van der Waals surface area contributed by atoms with Gasteiger partial charge in [-0.15, -0.1) is 0 Å². The highest BCUT2D eigenvalue weighted by molar-refractivity contribution is 5.77.